The number of aliphatic hydroxyl groups excluding tert-OH is 1. The average Bonchev–Trinajstić information content (AvgIpc) is 2.72. The van der Waals surface area contributed by atoms with Crippen molar-refractivity contribution in [1.29, 1.82) is 0 Å². The summed E-state index contributed by atoms with van der Waals surface area (Å²) >= 11 is 0. The van der Waals surface area contributed by atoms with Gasteiger partial charge in [0.15, 0.2) is 0 Å². The Hall–Kier alpha value is -0.690. The van der Waals surface area contributed by atoms with Gasteiger partial charge in [-0.2, -0.15) is 0 Å². The Morgan fingerprint density at radius 3 is 1.57 bits per heavy atom. The van der Waals surface area contributed by atoms with E-state index in [4.69, 9.17) is 9.84 Å². The number of rotatable bonds is 7. The molecule has 0 saturated heterocycles. The first-order valence-electron chi connectivity index (χ1n) is 12.5. The van der Waals surface area contributed by atoms with Crippen LogP contribution in [0.5, 0.6) is 0 Å². The lowest BCUT2D eigenvalue weighted by molar-refractivity contribution is -0.358. The molecule has 0 radical (unpaired) electrons. The maximum Gasteiger partial charge on any atom is 0.278 e. The second-order valence-electron chi connectivity index (χ2n) is 8.98. The molecular formula is C24H47NO5. The molecule has 1 aliphatic rings. The third-order valence-electron chi connectivity index (χ3n) is 6.05. The van der Waals surface area contributed by atoms with E-state index in [1.54, 1.807) is 0 Å². The van der Waals surface area contributed by atoms with E-state index in [0.29, 0.717) is 6.42 Å². The van der Waals surface area contributed by atoms with Crippen molar-refractivity contribution < 1.29 is 24.9 Å². The van der Waals surface area contributed by atoms with Gasteiger partial charge in [-0.1, -0.05) is 96.3 Å². The van der Waals surface area contributed by atoms with Gasteiger partial charge in [0.2, 0.25) is 5.91 Å². The Balaban J connectivity index is 2.38. The van der Waals surface area contributed by atoms with Crippen LogP contribution >= 0.6 is 0 Å². The van der Waals surface area contributed by atoms with Crippen LogP contribution in [0.15, 0.2) is 0 Å². The molecule has 0 atom stereocenters. The fraction of sp³-hybridized carbons (Fsp3) is 0.958. The Kier molecular flexibility index (Phi) is 16.3. The molecule has 1 fully saturated rings. The summed E-state index contributed by atoms with van der Waals surface area (Å²) in [5.41, 5.74) is 0. The quantitative estimate of drug-likeness (QED) is 0.352. The number of aliphatic hydroxyl groups is 3. The van der Waals surface area contributed by atoms with Crippen LogP contribution in [0.4, 0.5) is 0 Å². The number of carbonyl (C=O) groups is 1. The Labute approximate surface area is 183 Å². The van der Waals surface area contributed by atoms with Crippen molar-refractivity contribution in [2.75, 3.05) is 13.2 Å². The summed E-state index contributed by atoms with van der Waals surface area (Å²) in [6.07, 6.45) is 21.2. The minimum absolute atomic E-state index is 0.0369. The van der Waals surface area contributed by atoms with Crippen LogP contribution in [0.1, 0.15) is 122 Å². The zero-order chi connectivity index (χ0) is 21.9. The normalized spacial score (nSPS) is 20.2. The van der Waals surface area contributed by atoms with E-state index in [0.717, 1.165) is 25.7 Å². The molecule has 6 nitrogen and oxygen atoms in total. The monoisotopic (exact) mass is 429 g/mol. The number of amides is 1. The Bertz CT molecular complexity index is 398. The van der Waals surface area contributed by atoms with Crippen LogP contribution in [0, 0.1) is 0 Å². The van der Waals surface area contributed by atoms with Crippen LogP contribution < -0.4 is 5.32 Å². The molecule has 0 spiro atoms. The van der Waals surface area contributed by atoms with E-state index in [1.807, 2.05) is 0 Å². The van der Waals surface area contributed by atoms with E-state index in [2.05, 4.69) is 5.32 Å². The van der Waals surface area contributed by atoms with Crippen molar-refractivity contribution in [1.82, 2.24) is 5.32 Å². The molecule has 178 valence electrons. The molecule has 1 aliphatic carbocycles. The van der Waals surface area contributed by atoms with Crippen molar-refractivity contribution in [3.05, 3.63) is 0 Å². The van der Waals surface area contributed by atoms with Crippen LogP contribution in [0.3, 0.4) is 0 Å². The maximum absolute atomic E-state index is 11.0. The van der Waals surface area contributed by atoms with Gasteiger partial charge in [0.05, 0.1) is 6.10 Å². The predicted octanol–water partition coefficient (Wildman–Crippen LogP) is 4.54. The molecule has 0 aromatic rings. The van der Waals surface area contributed by atoms with Crippen LogP contribution in [0.2, 0.25) is 0 Å². The van der Waals surface area contributed by atoms with E-state index in [-0.39, 0.29) is 19.1 Å². The fourth-order valence-corrected chi connectivity index (χ4v) is 4.23. The molecule has 0 heterocycles. The summed E-state index contributed by atoms with van der Waals surface area (Å²) in [5.74, 6) is -2.62. The van der Waals surface area contributed by atoms with E-state index < -0.39 is 18.5 Å². The molecule has 1 amide bonds. The summed E-state index contributed by atoms with van der Waals surface area (Å²) in [6, 6.07) is 0. The summed E-state index contributed by atoms with van der Waals surface area (Å²) in [5, 5.41) is 31.7. The van der Waals surface area contributed by atoms with Crippen LogP contribution in [-0.2, 0) is 9.53 Å². The second-order valence-corrected chi connectivity index (χ2v) is 8.98. The Morgan fingerprint density at radius 2 is 1.17 bits per heavy atom. The molecule has 0 aromatic heterocycles. The Morgan fingerprint density at radius 1 is 0.767 bits per heavy atom. The van der Waals surface area contributed by atoms with Gasteiger partial charge in [0.25, 0.3) is 5.97 Å². The highest BCUT2D eigenvalue weighted by Gasteiger charge is 2.28. The highest BCUT2D eigenvalue weighted by Crippen LogP contribution is 2.23. The summed E-state index contributed by atoms with van der Waals surface area (Å²) in [7, 11) is 0. The molecule has 0 unspecified atom stereocenters. The topological polar surface area (TPSA) is 99.0 Å². The zero-order valence-electron chi connectivity index (χ0n) is 19.1. The fourth-order valence-electron chi connectivity index (χ4n) is 4.23. The maximum atomic E-state index is 11.0. The average molecular weight is 430 g/mol. The molecular weight excluding hydrogens is 382 g/mol. The lowest BCUT2D eigenvalue weighted by atomic mass is 10.00. The number of carbonyl (C=O) groups excluding carboxylic acids is 1. The standard InChI is InChI=1S/C24H47NO5/c26-21-23(27)25-20-16-19-24(28,29)30-22-17-14-12-10-8-6-4-2-1-3-5-7-9-11-13-15-18-22/h22,26,28-29H,1-21H2,(H,25,27). The first-order chi connectivity index (χ1) is 14.5. The van der Waals surface area contributed by atoms with E-state index in [9.17, 15) is 15.0 Å². The number of hydrogen-bond donors (Lipinski definition) is 4. The summed E-state index contributed by atoms with van der Waals surface area (Å²) < 4.78 is 5.70. The minimum Gasteiger partial charge on any atom is -0.387 e. The van der Waals surface area contributed by atoms with E-state index in [1.165, 1.54) is 83.5 Å². The van der Waals surface area contributed by atoms with Gasteiger partial charge in [0.1, 0.15) is 6.61 Å². The second kappa shape index (κ2) is 17.9. The zero-order valence-corrected chi connectivity index (χ0v) is 19.1. The van der Waals surface area contributed by atoms with Gasteiger partial charge >= 0.3 is 0 Å². The largest absolute Gasteiger partial charge is 0.387 e. The highest BCUT2D eigenvalue weighted by molar-refractivity contribution is 5.76. The van der Waals surface area contributed by atoms with Crippen molar-refractivity contribution in [2.24, 2.45) is 0 Å². The molecule has 4 N–H and O–H groups in total. The van der Waals surface area contributed by atoms with Crippen LogP contribution in [0.25, 0.3) is 0 Å². The molecule has 1 rings (SSSR count). The van der Waals surface area contributed by atoms with Gasteiger partial charge in [-0.15, -0.1) is 0 Å². The lowest BCUT2D eigenvalue weighted by Crippen LogP contribution is -2.38. The number of hydrogen-bond acceptors (Lipinski definition) is 5. The van der Waals surface area contributed by atoms with Gasteiger partial charge in [-0.05, 0) is 19.3 Å². The molecule has 0 bridgehead atoms. The molecule has 0 aliphatic heterocycles. The van der Waals surface area contributed by atoms with Gasteiger partial charge in [-0.3, -0.25) is 4.79 Å². The first kappa shape index (κ1) is 27.3. The van der Waals surface area contributed by atoms with Gasteiger partial charge in [0, 0.05) is 13.0 Å². The first-order valence-corrected chi connectivity index (χ1v) is 12.5. The molecule has 0 aromatic carbocycles. The van der Waals surface area contributed by atoms with Crippen LogP contribution in [-0.4, -0.2) is 46.5 Å². The molecule has 30 heavy (non-hydrogen) atoms. The third-order valence-corrected chi connectivity index (χ3v) is 6.05. The van der Waals surface area contributed by atoms with Crippen molar-refractivity contribution in [3.63, 3.8) is 0 Å². The highest BCUT2D eigenvalue weighted by atomic mass is 16.8. The van der Waals surface area contributed by atoms with E-state index >= 15 is 0 Å². The minimum atomic E-state index is -2.16. The van der Waals surface area contributed by atoms with Gasteiger partial charge < -0.3 is 25.4 Å². The van der Waals surface area contributed by atoms with Crippen molar-refractivity contribution >= 4 is 5.91 Å². The smallest absolute Gasteiger partial charge is 0.278 e. The lowest BCUT2D eigenvalue weighted by Gasteiger charge is -2.28. The predicted molar refractivity (Wildman–Crippen MR) is 120 cm³/mol. The van der Waals surface area contributed by atoms with Crippen molar-refractivity contribution in [3.8, 4) is 0 Å². The SMILES string of the molecule is O=C(CO)NCCCC(O)(O)OC1CCCCCCCCCCCCCCCCC1. The summed E-state index contributed by atoms with van der Waals surface area (Å²) in [4.78, 5) is 11.0. The van der Waals surface area contributed by atoms with Crippen molar-refractivity contribution in [2.45, 2.75) is 134 Å². The number of nitrogens with one attached hydrogen (secondary N) is 1. The third kappa shape index (κ3) is 16.1. The number of ether oxygens (including phenoxy) is 1. The summed E-state index contributed by atoms with van der Waals surface area (Å²) in [6.45, 7) is -0.266. The molecule has 1 saturated carbocycles. The van der Waals surface area contributed by atoms with Gasteiger partial charge in [-0.25, -0.2) is 0 Å². The molecule has 6 heteroatoms.